The molecule has 0 aromatic heterocycles. The number of nitrogens with zero attached hydrogens (tertiary/aromatic N) is 1. The Morgan fingerprint density at radius 1 is 0.938 bits per heavy atom. The lowest BCUT2D eigenvalue weighted by Crippen LogP contribution is -2.48. The number of amides is 3. The number of imide groups is 1. The van der Waals surface area contributed by atoms with Crippen LogP contribution >= 0.6 is 11.6 Å². The zero-order valence-corrected chi connectivity index (χ0v) is 17.8. The van der Waals surface area contributed by atoms with Crippen molar-refractivity contribution in [1.82, 2.24) is 10.9 Å². The first-order chi connectivity index (χ1) is 15.2. The van der Waals surface area contributed by atoms with Crippen molar-refractivity contribution < 1.29 is 33.4 Å². The van der Waals surface area contributed by atoms with Crippen LogP contribution in [0.4, 0.5) is 5.69 Å². The smallest absolute Gasteiger partial charge is 0.337 e. The van der Waals surface area contributed by atoms with Gasteiger partial charge >= 0.3 is 11.9 Å². The molecule has 166 valence electrons. The fourth-order valence-corrected chi connectivity index (χ4v) is 3.18. The number of esters is 2. The summed E-state index contributed by atoms with van der Waals surface area (Å²) in [6.07, 6.45) is -0.254. The van der Waals surface area contributed by atoms with Crippen LogP contribution in [0.2, 0.25) is 5.02 Å². The first-order valence-electron chi connectivity index (χ1n) is 9.25. The lowest BCUT2D eigenvalue weighted by atomic mass is 10.1. The molecule has 2 N–H and O–H groups in total. The molecule has 1 heterocycles. The molecule has 1 atom stereocenters. The van der Waals surface area contributed by atoms with Crippen LogP contribution in [0.25, 0.3) is 0 Å². The highest BCUT2D eigenvalue weighted by atomic mass is 35.5. The number of nitrogens with one attached hydrogen (secondary N) is 2. The van der Waals surface area contributed by atoms with Gasteiger partial charge in [-0.15, -0.1) is 0 Å². The number of hydrogen-bond donors (Lipinski definition) is 2. The molecule has 2 aromatic rings. The fourth-order valence-electron chi connectivity index (χ4n) is 3.05. The fraction of sp³-hybridized carbons (Fsp3) is 0.190. The molecule has 2 aromatic carbocycles. The molecule has 1 saturated heterocycles. The maximum Gasteiger partial charge on any atom is 0.337 e. The van der Waals surface area contributed by atoms with Crippen molar-refractivity contribution in [2.24, 2.45) is 0 Å². The first-order valence-corrected chi connectivity index (χ1v) is 9.63. The van der Waals surface area contributed by atoms with E-state index in [1.54, 1.807) is 0 Å². The summed E-state index contributed by atoms with van der Waals surface area (Å²) >= 11 is 5.79. The predicted molar refractivity (Wildman–Crippen MR) is 112 cm³/mol. The maximum atomic E-state index is 12.9. The van der Waals surface area contributed by atoms with Gasteiger partial charge in [-0.3, -0.25) is 19.8 Å². The van der Waals surface area contributed by atoms with E-state index >= 15 is 0 Å². The highest BCUT2D eigenvalue weighted by Crippen LogP contribution is 2.26. The maximum absolute atomic E-state index is 12.9. The number of hydrogen-bond acceptors (Lipinski definition) is 8. The van der Waals surface area contributed by atoms with E-state index in [0.29, 0.717) is 10.6 Å². The molecule has 0 bridgehead atoms. The molecule has 0 radical (unpaired) electrons. The lowest BCUT2D eigenvalue weighted by Gasteiger charge is -2.17. The van der Waals surface area contributed by atoms with Crippen LogP contribution in [0.15, 0.2) is 42.5 Å². The van der Waals surface area contributed by atoms with Crippen LogP contribution in [-0.4, -0.2) is 49.9 Å². The standard InChI is InChI=1S/C21H18ClN3O7/c1-31-20(29)12-7-13(21(30)32-2)9-15(8-12)25-17(26)10-16(19(25)28)23-24-18(27)11-3-5-14(22)6-4-11/h3-9,16,23H,10H2,1-2H3,(H,24,27). The quantitative estimate of drug-likeness (QED) is 0.377. The number of carbonyl (C=O) groups excluding carboxylic acids is 5. The molecule has 32 heavy (non-hydrogen) atoms. The molecule has 1 aliphatic heterocycles. The van der Waals surface area contributed by atoms with Gasteiger partial charge < -0.3 is 9.47 Å². The topological polar surface area (TPSA) is 131 Å². The summed E-state index contributed by atoms with van der Waals surface area (Å²) in [5, 5.41) is 0.460. The Bertz CT molecular complexity index is 1070. The molecule has 1 aliphatic rings. The van der Waals surface area contributed by atoms with Crippen molar-refractivity contribution in [2.75, 3.05) is 19.1 Å². The summed E-state index contributed by atoms with van der Waals surface area (Å²) in [7, 11) is 2.31. The van der Waals surface area contributed by atoms with Crippen LogP contribution in [-0.2, 0) is 19.1 Å². The Balaban J connectivity index is 1.80. The van der Waals surface area contributed by atoms with Crippen LogP contribution in [0.5, 0.6) is 0 Å². The second-order valence-electron chi connectivity index (χ2n) is 6.68. The highest BCUT2D eigenvalue weighted by Gasteiger charge is 2.40. The van der Waals surface area contributed by atoms with E-state index in [1.807, 2.05) is 0 Å². The average Bonchev–Trinajstić information content (AvgIpc) is 3.09. The summed E-state index contributed by atoms with van der Waals surface area (Å²) in [4.78, 5) is 62.4. The van der Waals surface area contributed by atoms with Gasteiger partial charge in [0.1, 0.15) is 6.04 Å². The number of methoxy groups -OCH3 is 2. The Hall–Kier alpha value is -3.76. The molecule has 0 saturated carbocycles. The summed E-state index contributed by atoms with van der Waals surface area (Å²) in [6.45, 7) is 0. The second kappa shape index (κ2) is 9.58. The van der Waals surface area contributed by atoms with Gasteiger partial charge in [-0.2, -0.15) is 0 Å². The Kier molecular flexibility index (Phi) is 6.86. The number of hydrazine groups is 1. The largest absolute Gasteiger partial charge is 0.465 e. The van der Waals surface area contributed by atoms with E-state index in [-0.39, 0.29) is 23.2 Å². The van der Waals surface area contributed by atoms with Crippen LogP contribution in [0.1, 0.15) is 37.5 Å². The van der Waals surface area contributed by atoms with Gasteiger partial charge in [0, 0.05) is 10.6 Å². The summed E-state index contributed by atoms with van der Waals surface area (Å²) < 4.78 is 9.33. The summed E-state index contributed by atoms with van der Waals surface area (Å²) in [6, 6.07) is 8.76. The van der Waals surface area contributed by atoms with Crippen LogP contribution < -0.4 is 15.8 Å². The predicted octanol–water partition coefficient (Wildman–Crippen LogP) is 1.48. The van der Waals surface area contributed by atoms with Crippen molar-refractivity contribution in [3.05, 3.63) is 64.2 Å². The molecule has 3 amide bonds. The molecule has 3 rings (SSSR count). The molecule has 11 heteroatoms. The van der Waals surface area contributed by atoms with E-state index in [9.17, 15) is 24.0 Å². The van der Waals surface area contributed by atoms with Crippen molar-refractivity contribution in [1.29, 1.82) is 0 Å². The first kappa shape index (κ1) is 22.9. The Morgan fingerprint density at radius 2 is 1.50 bits per heavy atom. The zero-order valence-electron chi connectivity index (χ0n) is 17.0. The Morgan fingerprint density at radius 3 is 2.03 bits per heavy atom. The SMILES string of the molecule is COC(=O)c1cc(C(=O)OC)cc(N2C(=O)CC(NNC(=O)c3ccc(Cl)cc3)C2=O)c1. The lowest BCUT2D eigenvalue weighted by molar-refractivity contribution is -0.121. The van der Waals surface area contributed by atoms with Gasteiger partial charge in [-0.05, 0) is 42.5 Å². The van der Waals surface area contributed by atoms with Crippen molar-refractivity contribution >= 4 is 46.9 Å². The summed E-state index contributed by atoms with van der Waals surface area (Å²) in [5.41, 5.74) is 5.13. The van der Waals surface area contributed by atoms with Crippen molar-refractivity contribution in [2.45, 2.75) is 12.5 Å². The van der Waals surface area contributed by atoms with Crippen LogP contribution in [0, 0.1) is 0 Å². The summed E-state index contributed by atoms with van der Waals surface area (Å²) in [5.74, 6) is -3.32. The van der Waals surface area contributed by atoms with Gasteiger partial charge in [0.05, 0.1) is 37.5 Å². The second-order valence-corrected chi connectivity index (χ2v) is 7.12. The molecule has 1 unspecified atom stereocenters. The van der Waals surface area contributed by atoms with Gasteiger partial charge in [-0.25, -0.2) is 19.9 Å². The molecule has 0 aliphatic carbocycles. The van der Waals surface area contributed by atoms with Gasteiger partial charge in [-0.1, -0.05) is 11.6 Å². The minimum Gasteiger partial charge on any atom is -0.465 e. The molecule has 1 fully saturated rings. The minimum absolute atomic E-state index is 0.00312. The number of rotatable bonds is 6. The number of benzene rings is 2. The molecule has 10 nitrogen and oxygen atoms in total. The number of halogens is 1. The molecular formula is C21H18ClN3O7. The van der Waals surface area contributed by atoms with Gasteiger partial charge in [0.2, 0.25) is 5.91 Å². The van der Waals surface area contributed by atoms with Crippen molar-refractivity contribution in [3.8, 4) is 0 Å². The molecular weight excluding hydrogens is 442 g/mol. The zero-order chi connectivity index (χ0) is 23.4. The highest BCUT2D eigenvalue weighted by molar-refractivity contribution is 6.30. The number of anilines is 1. The third kappa shape index (κ3) is 4.76. The number of carbonyl (C=O) groups is 5. The Labute approximate surface area is 187 Å². The minimum atomic E-state index is -1.05. The van der Waals surface area contributed by atoms with Crippen LogP contribution in [0.3, 0.4) is 0 Å². The van der Waals surface area contributed by atoms with Gasteiger partial charge in [0.15, 0.2) is 0 Å². The van der Waals surface area contributed by atoms with E-state index in [1.165, 1.54) is 42.5 Å². The number of ether oxygens (including phenoxy) is 2. The van der Waals surface area contributed by atoms with E-state index in [0.717, 1.165) is 19.1 Å². The van der Waals surface area contributed by atoms with E-state index in [4.69, 9.17) is 11.6 Å². The third-order valence-electron chi connectivity index (χ3n) is 4.63. The van der Waals surface area contributed by atoms with Crippen molar-refractivity contribution in [3.63, 3.8) is 0 Å². The normalized spacial score (nSPS) is 15.5. The monoisotopic (exact) mass is 459 g/mol. The molecule has 0 spiro atoms. The van der Waals surface area contributed by atoms with Gasteiger partial charge in [0.25, 0.3) is 11.8 Å². The average molecular weight is 460 g/mol. The van der Waals surface area contributed by atoms with E-state index in [2.05, 4.69) is 20.3 Å². The third-order valence-corrected chi connectivity index (χ3v) is 4.88. The van der Waals surface area contributed by atoms with E-state index < -0.39 is 35.7 Å².